The highest BCUT2D eigenvalue weighted by Gasteiger charge is 2.23. The minimum Gasteiger partial charge on any atom is -0.368 e. The number of benzene rings is 1. The van der Waals surface area contributed by atoms with Crippen molar-refractivity contribution in [3.05, 3.63) is 59.9 Å². The molecule has 1 aliphatic rings. The fourth-order valence-corrected chi connectivity index (χ4v) is 3.13. The molecule has 1 unspecified atom stereocenters. The van der Waals surface area contributed by atoms with Crippen LogP contribution >= 0.6 is 0 Å². The van der Waals surface area contributed by atoms with E-state index in [1.165, 1.54) is 11.1 Å². The van der Waals surface area contributed by atoms with Gasteiger partial charge in [-0.15, -0.1) is 0 Å². The molecule has 1 atom stereocenters. The van der Waals surface area contributed by atoms with E-state index in [-0.39, 0.29) is 12.0 Å². The monoisotopic (exact) mass is 321 g/mol. The lowest BCUT2D eigenvalue weighted by Gasteiger charge is -2.33. The molecule has 4 rings (SSSR count). The number of hydrogen-bond donors (Lipinski definition) is 2. The van der Waals surface area contributed by atoms with E-state index in [1.54, 1.807) is 10.9 Å². The average molecular weight is 321 g/mol. The first-order valence-corrected chi connectivity index (χ1v) is 7.86. The Kier molecular flexibility index (Phi) is 3.62. The van der Waals surface area contributed by atoms with Gasteiger partial charge in [0.05, 0.1) is 6.04 Å². The average Bonchev–Trinajstić information content (AvgIpc) is 3.08. The predicted octanol–water partition coefficient (Wildman–Crippen LogP) is 1.84. The van der Waals surface area contributed by atoms with Gasteiger partial charge in [-0.2, -0.15) is 15.1 Å². The van der Waals surface area contributed by atoms with Crippen molar-refractivity contribution in [2.24, 2.45) is 0 Å². The van der Waals surface area contributed by atoms with Gasteiger partial charge in [0.25, 0.3) is 0 Å². The van der Waals surface area contributed by atoms with Crippen LogP contribution in [-0.2, 0) is 6.54 Å². The molecular weight excluding hydrogens is 302 g/mol. The molecule has 1 aromatic carbocycles. The lowest BCUT2D eigenvalue weighted by atomic mass is 9.96. The van der Waals surface area contributed by atoms with Gasteiger partial charge in [-0.3, -0.25) is 4.90 Å². The molecule has 0 aliphatic carbocycles. The number of anilines is 2. The molecule has 24 heavy (non-hydrogen) atoms. The summed E-state index contributed by atoms with van der Waals surface area (Å²) in [6, 6.07) is 12.3. The topological polar surface area (TPSA) is 84.9 Å². The van der Waals surface area contributed by atoms with Crippen molar-refractivity contribution in [2.45, 2.75) is 12.6 Å². The van der Waals surface area contributed by atoms with Crippen molar-refractivity contribution < 1.29 is 0 Å². The van der Waals surface area contributed by atoms with Crippen LogP contribution in [-0.4, -0.2) is 38.2 Å². The van der Waals surface area contributed by atoms with Crippen molar-refractivity contribution in [3.63, 3.8) is 0 Å². The van der Waals surface area contributed by atoms with Gasteiger partial charge in [0, 0.05) is 31.5 Å². The van der Waals surface area contributed by atoms with Crippen molar-refractivity contribution >= 4 is 11.8 Å². The summed E-state index contributed by atoms with van der Waals surface area (Å²) in [7, 11) is 2.12. The first kappa shape index (κ1) is 14.6. The molecule has 1 aliphatic heterocycles. The number of nitrogen functional groups attached to an aromatic ring is 1. The van der Waals surface area contributed by atoms with Crippen molar-refractivity contribution in [2.75, 3.05) is 24.6 Å². The second kappa shape index (κ2) is 5.93. The lowest BCUT2D eigenvalue weighted by Crippen LogP contribution is -2.34. The summed E-state index contributed by atoms with van der Waals surface area (Å²) < 4.78 is 1.67. The Morgan fingerprint density at radius 2 is 2.08 bits per heavy atom. The summed E-state index contributed by atoms with van der Waals surface area (Å²) in [6.07, 6.45) is 3.53. The van der Waals surface area contributed by atoms with E-state index in [9.17, 15) is 0 Å². The van der Waals surface area contributed by atoms with Crippen molar-refractivity contribution in [1.29, 1.82) is 0 Å². The number of fused-ring (bicyclic) bond motifs is 1. The highest BCUT2D eigenvalue weighted by atomic mass is 15.3. The zero-order valence-corrected chi connectivity index (χ0v) is 13.4. The van der Waals surface area contributed by atoms with E-state index in [2.05, 4.69) is 56.6 Å². The van der Waals surface area contributed by atoms with Gasteiger partial charge >= 0.3 is 0 Å². The number of nitrogens with two attached hydrogens (primary N) is 1. The smallest absolute Gasteiger partial charge is 0.224 e. The molecule has 0 saturated heterocycles. The Morgan fingerprint density at radius 1 is 1.21 bits per heavy atom. The Labute approximate surface area is 140 Å². The summed E-state index contributed by atoms with van der Waals surface area (Å²) in [4.78, 5) is 10.9. The second-order valence-corrected chi connectivity index (χ2v) is 6.01. The molecule has 7 heteroatoms. The van der Waals surface area contributed by atoms with Gasteiger partial charge in [-0.1, -0.05) is 24.3 Å². The third kappa shape index (κ3) is 2.81. The number of hydrogen-bond acceptors (Lipinski definition) is 6. The molecule has 0 spiro atoms. The van der Waals surface area contributed by atoms with Crippen LogP contribution in [0.2, 0.25) is 0 Å². The molecule has 0 saturated carbocycles. The van der Waals surface area contributed by atoms with Gasteiger partial charge in [-0.25, -0.2) is 4.68 Å². The quantitative estimate of drug-likeness (QED) is 0.766. The van der Waals surface area contributed by atoms with Crippen molar-refractivity contribution in [1.82, 2.24) is 24.6 Å². The van der Waals surface area contributed by atoms with Gasteiger partial charge in [-0.05, 0) is 24.2 Å². The fraction of sp³-hybridized carbons (Fsp3) is 0.235. The van der Waals surface area contributed by atoms with Crippen LogP contribution in [0, 0.1) is 0 Å². The minimum absolute atomic E-state index is 0.153. The number of rotatable bonds is 3. The maximum Gasteiger partial charge on any atom is 0.224 e. The lowest BCUT2D eigenvalue weighted by molar-refractivity contribution is 0.291. The summed E-state index contributed by atoms with van der Waals surface area (Å²) in [5, 5.41) is 7.70. The largest absolute Gasteiger partial charge is 0.368 e. The van der Waals surface area contributed by atoms with Crippen LogP contribution in [0.4, 0.5) is 11.8 Å². The molecule has 2 aromatic heterocycles. The molecule has 0 bridgehead atoms. The van der Waals surface area contributed by atoms with Crippen LogP contribution in [0.5, 0.6) is 0 Å². The molecule has 0 radical (unpaired) electrons. The number of likely N-dealkylation sites (N-methyl/N-ethyl adjacent to an activating group) is 1. The van der Waals surface area contributed by atoms with Crippen LogP contribution in [0.1, 0.15) is 17.2 Å². The first-order valence-electron chi connectivity index (χ1n) is 7.86. The van der Waals surface area contributed by atoms with Crippen LogP contribution in [0.15, 0.2) is 48.8 Å². The van der Waals surface area contributed by atoms with E-state index in [1.807, 2.05) is 18.3 Å². The molecule has 3 N–H and O–H groups in total. The highest BCUT2D eigenvalue weighted by Crippen LogP contribution is 2.28. The van der Waals surface area contributed by atoms with Crippen molar-refractivity contribution in [3.8, 4) is 5.82 Å². The number of nitrogens with one attached hydrogen (secondary N) is 1. The van der Waals surface area contributed by atoms with E-state index < -0.39 is 0 Å². The summed E-state index contributed by atoms with van der Waals surface area (Å²) >= 11 is 0. The Balaban J connectivity index is 1.66. The zero-order valence-electron chi connectivity index (χ0n) is 13.4. The Bertz CT molecular complexity index is 844. The molecule has 3 heterocycles. The summed E-state index contributed by atoms with van der Waals surface area (Å²) in [6.45, 7) is 1.86. The first-order chi connectivity index (χ1) is 11.7. The van der Waals surface area contributed by atoms with E-state index in [0.29, 0.717) is 11.6 Å². The van der Waals surface area contributed by atoms with Crippen LogP contribution in [0.25, 0.3) is 5.82 Å². The SMILES string of the molecule is CN1Cc2ccccc2C(Nc2cc(-n3cccn3)nc(N)n2)C1. The second-order valence-electron chi connectivity index (χ2n) is 6.01. The molecular formula is C17H19N7. The normalized spacial score (nSPS) is 17.5. The van der Waals surface area contributed by atoms with E-state index >= 15 is 0 Å². The van der Waals surface area contributed by atoms with Gasteiger partial charge < -0.3 is 11.1 Å². The van der Waals surface area contributed by atoms with E-state index in [4.69, 9.17) is 5.73 Å². The zero-order chi connectivity index (χ0) is 16.5. The Hall–Kier alpha value is -2.93. The van der Waals surface area contributed by atoms with Gasteiger partial charge in [0.15, 0.2) is 5.82 Å². The fourth-order valence-electron chi connectivity index (χ4n) is 3.13. The maximum absolute atomic E-state index is 5.88. The third-order valence-electron chi connectivity index (χ3n) is 4.16. The maximum atomic E-state index is 5.88. The summed E-state index contributed by atoms with van der Waals surface area (Å²) in [5.41, 5.74) is 8.51. The van der Waals surface area contributed by atoms with E-state index in [0.717, 1.165) is 13.1 Å². The van der Waals surface area contributed by atoms with Gasteiger partial charge in [0.1, 0.15) is 5.82 Å². The summed E-state index contributed by atoms with van der Waals surface area (Å²) in [5.74, 6) is 1.57. The molecule has 122 valence electrons. The molecule has 0 fully saturated rings. The van der Waals surface area contributed by atoms with Gasteiger partial charge in [0.2, 0.25) is 5.95 Å². The minimum atomic E-state index is 0.153. The predicted molar refractivity (Wildman–Crippen MR) is 92.7 cm³/mol. The number of nitrogens with zero attached hydrogens (tertiary/aromatic N) is 5. The third-order valence-corrected chi connectivity index (χ3v) is 4.16. The van der Waals surface area contributed by atoms with Crippen LogP contribution in [0.3, 0.4) is 0 Å². The molecule has 0 amide bonds. The highest BCUT2D eigenvalue weighted by molar-refractivity contribution is 5.48. The Morgan fingerprint density at radius 3 is 2.92 bits per heavy atom. The van der Waals surface area contributed by atoms with Crippen LogP contribution < -0.4 is 11.1 Å². The standard InChI is InChI=1S/C17H19N7/c1-23-10-12-5-2-3-6-13(12)14(11-23)20-15-9-16(22-17(18)21-15)24-8-4-7-19-24/h2-9,14H,10-11H2,1H3,(H3,18,20,21,22). The molecule has 3 aromatic rings. The number of aromatic nitrogens is 4. The molecule has 7 nitrogen and oxygen atoms in total.